The number of ether oxygens (including phenoxy) is 1. The monoisotopic (exact) mass is 276 g/mol. The predicted molar refractivity (Wildman–Crippen MR) is 75.7 cm³/mol. The van der Waals surface area contributed by atoms with Crippen molar-refractivity contribution in [2.45, 2.75) is 25.8 Å². The number of Topliss-reactive ketones (excluding diaryl/α,β-unsaturated/α-hetero) is 1. The van der Waals surface area contributed by atoms with Crippen LogP contribution in [0.15, 0.2) is 24.3 Å². The Morgan fingerprint density at radius 2 is 2.15 bits per heavy atom. The van der Waals surface area contributed by atoms with Gasteiger partial charge in [0.05, 0.1) is 11.6 Å². The van der Waals surface area contributed by atoms with Gasteiger partial charge in [0.1, 0.15) is 12.4 Å². The molecular weight excluding hydrogens is 256 g/mol. The van der Waals surface area contributed by atoms with Gasteiger partial charge in [-0.2, -0.15) is 0 Å². The third-order valence-electron chi connectivity index (χ3n) is 3.59. The van der Waals surface area contributed by atoms with Crippen molar-refractivity contribution in [3.63, 3.8) is 0 Å². The minimum absolute atomic E-state index is 0.0169. The molecule has 1 aliphatic heterocycles. The lowest BCUT2D eigenvalue weighted by Crippen LogP contribution is -2.42. The molecule has 1 aliphatic rings. The van der Waals surface area contributed by atoms with E-state index in [2.05, 4.69) is 0 Å². The fourth-order valence-electron chi connectivity index (χ4n) is 2.57. The maximum Gasteiger partial charge on any atom is 0.234 e. The summed E-state index contributed by atoms with van der Waals surface area (Å²) in [5.41, 5.74) is 5.95. The van der Waals surface area contributed by atoms with Crippen LogP contribution in [0.5, 0.6) is 5.75 Å². The van der Waals surface area contributed by atoms with Crippen molar-refractivity contribution < 1.29 is 14.3 Å². The summed E-state index contributed by atoms with van der Waals surface area (Å²) >= 11 is 0. The Labute approximate surface area is 118 Å². The van der Waals surface area contributed by atoms with Gasteiger partial charge in [-0.3, -0.25) is 14.5 Å². The number of nitrogens with two attached hydrogens (primary N) is 1. The van der Waals surface area contributed by atoms with E-state index in [0.29, 0.717) is 24.5 Å². The molecule has 0 aromatic heterocycles. The second kappa shape index (κ2) is 6.52. The van der Waals surface area contributed by atoms with E-state index in [1.54, 1.807) is 12.1 Å². The van der Waals surface area contributed by atoms with Crippen LogP contribution in [0, 0.1) is 0 Å². The molecule has 0 saturated carbocycles. The number of nitrogens with zero attached hydrogens (tertiary/aromatic N) is 1. The molecular formula is C15H20N2O3. The van der Waals surface area contributed by atoms with Crippen molar-refractivity contribution in [1.29, 1.82) is 0 Å². The Morgan fingerprint density at radius 1 is 1.40 bits per heavy atom. The van der Waals surface area contributed by atoms with Crippen molar-refractivity contribution in [3.05, 3.63) is 29.8 Å². The number of primary amides is 1. The van der Waals surface area contributed by atoms with E-state index in [0.717, 1.165) is 19.4 Å². The normalized spacial score (nSPS) is 18.9. The molecule has 5 nitrogen and oxygen atoms in total. The number of hydrogen-bond donors (Lipinski definition) is 1. The Hall–Kier alpha value is -1.88. The zero-order valence-corrected chi connectivity index (χ0v) is 11.7. The molecule has 0 aliphatic carbocycles. The number of benzene rings is 1. The number of hydrogen-bond acceptors (Lipinski definition) is 4. The number of likely N-dealkylation sites (tertiary alicyclic amines) is 1. The summed E-state index contributed by atoms with van der Waals surface area (Å²) in [6.07, 6.45) is 1.80. The van der Waals surface area contributed by atoms with E-state index in [1.807, 2.05) is 17.0 Å². The van der Waals surface area contributed by atoms with Crippen molar-refractivity contribution >= 4 is 11.7 Å². The smallest absolute Gasteiger partial charge is 0.234 e. The first-order valence-electron chi connectivity index (χ1n) is 6.85. The van der Waals surface area contributed by atoms with Gasteiger partial charge in [0.25, 0.3) is 0 Å². The van der Waals surface area contributed by atoms with Crippen LogP contribution in [-0.4, -0.2) is 42.3 Å². The molecule has 1 saturated heterocycles. The van der Waals surface area contributed by atoms with Gasteiger partial charge in [-0.1, -0.05) is 12.1 Å². The summed E-state index contributed by atoms with van der Waals surface area (Å²) in [7, 11) is 0. The largest absolute Gasteiger partial charge is 0.491 e. The summed E-state index contributed by atoms with van der Waals surface area (Å²) in [5.74, 6) is 0.304. The van der Waals surface area contributed by atoms with Crippen molar-refractivity contribution in [3.8, 4) is 5.75 Å². The van der Waals surface area contributed by atoms with Crippen molar-refractivity contribution in [2.24, 2.45) is 5.73 Å². The molecule has 2 N–H and O–H groups in total. The molecule has 1 heterocycles. The average Bonchev–Trinajstić information content (AvgIpc) is 2.87. The fourth-order valence-corrected chi connectivity index (χ4v) is 2.57. The zero-order chi connectivity index (χ0) is 14.5. The van der Waals surface area contributed by atoms with E-state index in [4.69, 9.17) is 10.5 Å². The number of amides is 1. The molecule has 0 spiro atoms. The number of carbonyl (C=O) groups is 2. The topological polar surface area (TPSA) is 72.6 Å². The number of para-hydroxylation sites is 1. The molecule has 2 rings (SSSR count). The molecule has 108 valence electrons. The van der Waals surface area contributed by atoms with Crippen LogP contribution in [0.3, 0.4) is 0 Å². The molecule has 1 atom stereocenters. The zero-order valence-electron chi connectivity index (χ0n) is 11.7. The molecule has 1 aromatic carbocycles. The van der Waals surface area contributed by atoms with Crippen LogP contribution in [0.2, 0.25) is 0 Å². The molecule has 20 heavy (non-hydrogen) atoms. The minimum atomic E-state index is -0.272. The van der Waals surface area contributed by atoms with Crippen LogP contribution >= 0.6 is 0 Å². The molecule has 0 radical (unpaired) electrons. The summed E-state index contributed by atoms with van der Waals surface area (Å²) in [6, 6.07) is 7.00. The third-order valence-corrected chi connectivity index (χ3v) is 3.59. The van der Waals surface area contributed by atoms with Crippen LogP contribution in [0.1, 0.15) is 30.1 Å². The Bertz CT molecular complexity index is 502. The van der Waals surface area contributed by atoms with E-state index in [9.17, 15) is 9.59 Å². The van der Waals surface area contributed by atoms with Gasteiger partial charge in [-0.15, -0.1) is 0 Å². The Morgan fingerprint density at radius 3 is 2.85 bits per heavy atom. The van der Waals surface area contributed by atoms with Crippen LogP contribution < -0.4 is 10.5 Å². The summed E-state index contributed by atoms with van der Waals surface area (Å²) in [6.45, 7) is 3.46. The van der Waals surface area contributed by atoms with E-state index >= 15 is 0 Å². The second-order valence-electron chi connectivity index (χ2n) is 5.00. The van der Waals surface area contributed by atoms with Gasteiger partial charge < -0.3 is 10.5 Å². The number of rotatable bonds is 6. The van der Waals surface area contributed by atoms with E-state index < -0.39 is 0 Å². The highest BCUT2D eigenvalue weighted by Gasteiger charge is 2.28. The highest BCUT2D eigenvalue weighted by atomic mass is 16.5. The summed E-state index contributed by atoms with van der Waals surface area (Å²) < 4.78 is 5.67. The third kappa shape index (κ3) is 3.36. The fraction of sp³-hybridized carbons (Fsp3) is 0.467. The SMILES string of the molecule is CC(=O)c1ccccc1OCCN1CCCC1C(N)=O. The maximum atomic E-state index is 11.5. The molecule has 0 bridgehead atoms. The summed E-state index contributed by atoms with van der Waals surface area (Å²) in [5, 5.41) is 0. The van der Waals surface area contributed by atoms with Gasteiger partial charge in [0.2, 0.25) is 5.91 Å². The lowest BCUT2D eigenvalue weighted by Gasteiger charge is -2.21. The molecule has 1 amide bonds. The molecule has 1 unspecified atom stereocenters. The Kier molecular flexibility index (Phi) is 4.74. The van der Waals surface area contributed by atoms with Crippen LogP contribution in [0.4, 0.5) is 0 Å². The van der Waals surface area contributed by atoms with Crippen LogP contribution in [-0.2, 0) is 4.79 Å². The van der Waals surface area contributed by atoms with Crippen molar-refractivity contribution in [1.82, 2.24) is 4.90 Å². The van der Waals surface area contributed by atoms with Gasteiger partial charge >= 0.3 is 0 Å². The highest BCUT2D eigenvalue weighted by molar-refractivity contribution is 5.96. The van der Waals surface area contributed by atoms with E-state index in [1.165, 1.54) is 6.92 Å². The first kappa shape index (κ1) is 14.5. The lowest BCUT2D eigenvalue weighted by molar-refractivity contribution is -0.122. The van der Waals surface area contributed by atoms with Gasteiger partial charge in [-0.25, -0.2) is 0 Å². The van der Waals surface area contributed by atoms with Crippen LogP contribution in [0.25, 0.3) is 0 Å². The number of carbonyl (C=O) groups excluding carboxylic acids is 2. The molecule has 1 aromatic rings. The molecule has 1 fully saturated rings. The minimum Gasteiger partial charge on any atom is -0.491 e. The number of ketones is 1. The Balaban J connectivity index is 1.90. The van der Waals surface area contributed by atoms with Gasteiger partial charge in [-0.05, 0) is 38.4 Å². The standard InChI is InChI=1S/C15H20N2O3/c1-11(18)12-5-2-3-7-14(12)20-10-9-17-8-4-6-13(17)15(16)19/h2-3,5,7,13H,4,6,8-10H2,1H3,(H2,16,19). The predicted octanol–water partition coefficient (Wildman–Crippen LogP) is 1.22. The first-order chi connectivity index (χ1) is 9.59. The average molecular weight is 276 g/mol. The summed E-state index contributed by atoms with van der Waals surface area (Å²) in [4.78, 5) is 24.8. The first-order valence-corrected chi connectivity index (χ1v) is 6.85. The van der Waals surface area contributed by atoms with Gasteiger partial charge in [0, 0.05) is 6.54 Å². The maximum absolute atomic E-state index is 11.5. The van der Waals surface area contributed by atoms with Gasteiger partial charge in [0.15, 0.2) is 5.78 Å². The van der Waals surface area contributed by atoms with Crippen molar-refractivity contribution in [2.75, 3.05) is 19.7 Å². The highest BCUT2D eigenvalue weighted by Crippen LogP contribution is 2.19. The van der Waals surface area contributed by atoms with E-state index in [-0.39, 0.29) is 17.7 Å². The second-order valence-corrected chi connectivity index (χ2v) is 5.00. The lowest BCUT2D eigenvalue weighted by atomic mass is 10.1. The molecule has 5 heteroatoms. The quantitative estimate of drug-likeness (QED) is 0.793.